The van der Waals surface area contributed by atoms with Crippen molar-refractivity contribution in [3.8, 4) is 0 Å². The largest absolute Gasteiger partial charge is 0.312 e. The molecule has 1 fully saturated rings. The molecule has 0 radical (unpaired) electrons. The molecule has 4 heteroatoms. The molecule has 0 spiro atoms. The van der Waals surface area contributed by atoms with E-state index in [1.54, 1.807) is 0 Å². The summed E-state index contributed by atoms with van der Waals surface area (Å²) in [5.74, 6) is 0.780. The molecule has 21 heavy (non-hydrogen) atoms. The maximum absolute atomic E-state index is 6.26. The van der Waals surface area contributed by atoms with Gasteiger partial charge in [-0.05, 0) is 71.3 Å². The summed E-state index contributed by atoms with van der Waals surface area (Å²) in [6.07, 6.45) is 2.48. The second kappa shape index (κ2) is 7.32. The molecule has 2 rings (SSSR count). The van der Waals surface area contributed by atoms with Gasteiger partial charge in [-0.25, -0.2) is 0 Å². The van der Waals surface area contributed by atoms with Crippen molar-refractivity contribution in [3.63, 3.8) is 0 Å². The lowest BCUT2D eigenvalue weighted by molar-refractivity contribution is 0.170. The SMILES string of the molecule is CC(C)(C)NCC1CCN(Cc2c(Cl)cccc2Cl)CC1. The maximum Gasteiger partial charge on any atom is 0.0465 e. The van der Waals surface area contributed by atoms with Gasteiger partial charge in [0.25, 0.3) is 0 Å². The minimum absolute atomic E-state index is 0.211. The molecule has 0 aromatic heterocycles. The number of hydrogen-bond acceptors (Lipinski definition) is 2. The van der Waals surface area contributed by atoms with Crippen LogP contribution in [0.15, 0.2) is 18.2 Å². The van der Waals surface area contributed by atoms with E-state index in [1.807, 2.05) is 18.2 Å². The van der Waals surface area contributed by atoms with Crippen LogP contribution >= 0.6 is 23.2 Å². The van der Waals surface area contributed by atoms with Gasteiger partial charge in [0.2, 0.25) is 0 Å². The Balaban J connectivity index is 1.82. The molecular formula is C17H26Cl2N2. The summed E-state index contributed by atoms with van der Waals surface area (Å²) in [6.45, 7) is 10.9. The number of likely N-dealkylation sites (tertiary alicyclic amines) is 1. The van der Waals surface area contributed by atoms with Gasteiger partial charge >= 0.3 is 0 Å². The summed E-state index contributed by atoms with van der Waals surface area (Å²) in [4.78, 5) is 2.46. The van der Waals surface area contributed by atoms with E-state index in [-0.39, 0.29) is 5.54 Å². The van der Waals surface area contributed by atoms with E-state index in [9.17, 15) is 0 Å². The molecule has 0 aliphatic carbocycles. The number of hydrogen-bond donors (Lipinski definition) is 1. The van der Waals surface area contributed by atoms with Gasteiger partial charge < -0.3 is 5.32 Å². The third-order valence-electron chi connectivity index (χ3n) is 4.07. The van der Waals surface area contributed by atoms with Crippen LogP contribution in [0.3, 0.4) is 0 Å². The predicted octanol–water partition coefficient (Wildman–Crippen LogP) is 4.59. The molecule has 1 aliphatic heterocycles. The Bertz CT molecular complexity index is 440. The van der Waals surface area contributed by atoms with Gasteiger partial charge in [-0.2, -0.15) is 0 Å². The lowest BCUT2D eigenvalue weighted by Gasteiger charge is -2.34. The van der Waals surface area contributed by atoms with Crippen LogP contribution in [0.5, 0.6) is 0 Å². The van der Waals surface area contributed by atoms with E-state index in [0.29, 0.717) is 0 Å². The normalized spacial score (nSPS) is 18.1. The van der Waals surface area contributed by atoms with Gasteiger partial charge in [0.15, 0.2) is 0 Å². The van der Waals surface area contributed by atoms with Gasteiger partial charge in [0.1, 0.15) is 0 Å². The summed E-state index contributed by atoms with van der Waals surface area (Å²) in [6, 6.07) is 5.74. The Morgan fingerprint density at radius 1 is 1.14 bits per heavy atom. The molecule has 0 saturated carbocycles. The van der Waals surface area contributed by atoms with Crippen molar-refractivity contribution in [1.29, 1.82) is 0 Å². The van der Waals surface area contributed by atoms with Crippen molar-refractivity contribution in [2.45, 2.75) is 45.7 Å². The van der Waals surface area contributed by atoms with E-state index in [0.717, 1.165) is 47.7 Å². The fourth-order valence-corrected chi connectivity index (χ4v) is 3.22. The molecule has 2 nitrogen and oxygen atoms in total. The first-order valence-corrected chi connectivity index (χ1v) is 8.51. The zero-order valence-corrected chi connectivity index (χ0v) is 14.8. The molecule has 1 N–H and O–H groups in total. The van der Waals surface area contributed by atoms with E-state index < -0.39 is 0 Å². The Morgan fingerprint density at radius 3 is 2.24 bits per heavy atom. The van der Waals surface area contributed by atoms with Crippen LogP contribution in [0.2, 0.25) is 10.0 Å². The van der Waals surface area contributed by atoms with Crippen LogP contribution in [-0.4, -0.2) is 30.1 Å². The minimum atomic E-state index is 0.211. The Kier molecular flexibility index (Phi) is 5.96. The highest BCUT2D eigenvalue weighted by molar-refractivity contribution is 6.35. The summed E-state index contributed by atoms with van der Waals surface area (Å²) in [5, 5.41) is 5.17. The molecule has 0 amide bonds. The molecule has 1 heterocycles. The van der Waals surface area contributed by atoms with Crippen LogP contribution in [0.1, 0.15) is 39.2 Å². The summed E-state index contributed by atoms with van der Waals surface area (Å²) >= 11 is 12.5. The highest BCUT2D eigenvalue weighted by Crippen LogP contribution is 2.27. The van der Waals surface area contributed by atoms with Crippen LogP contribution in [0.4, 0.5) is 0 Å². The summed E-state index contributed by atoms with van der Waals surface area (Å²) in [5.41, 5.74) is 1.27. The molecular weight excluding hydrogens is 303 g/mol. The van der Waals surface area contributed by atoms with Crippen molar-refractivity contribution < 1.29 is 0 Å². The molecule has 1 aliphatic rings. The minimum Gasteiger partial charge on any atom is -0.312 e. The van der Waals surface area contributed by atoms with Crippen molar-refractivity contribution >= 4 is 23.2 Å². The molecule has 0 atom stereocenters. The summed E-state index contributed by atoms with van der Waals surface area (Å²) < 4.78 is 0. The fourth-order valence-electron chi connectivity index (χ4n) is 2.71. The third-order valence-corrected chi connectivity index (χ3v) is 4.78. The second-order valence-corrected chi connectivity index (χ2v) is 7.87. The van der Waals surface area contributed by atoms with Gasteiger partial charge in [0.05, 0.1) is 0 Å². The molecule has 1 saturated heterocycles. The van der Waals surface area contributed by atoms with Gasteiger partial charge in [-0.15, -0.1) is 0 Å². The number of nitrogens with zero attached hydrogens (tertiary/aromatic N) is 1. The second-order valence-electron chi connectivity index (χ2n) is 7.05. The number of nitrogens with one attached hydrogen (secondary N) is 1. The quantitative estimate of drug-likeness (QED) is 0.869. The van der Waals surface area contributed by atoms with Crippen molar-refractivity contribution in [2.75, 3.05) is 19.6 Å². The van der Waals surface area contributed by atoms with Crippen LogP contribution in [-0.2, 0) is 6.54 Å². The van der Waals surface area contributed by atoms with Gasteiger partial charge in [0, 0.05) is 27.7 Å². The first kappa shape index (κ1) is 17.1. The van der Waals surface area contributed by atoms with Crippen molar-refractivity contribution in [1.82, 2.24) is 10.2 Å². The molecule has 118 valence electrons. The molecule has 1 aromatic carbocycles. The molecule has 0 unspecified atom stereocenters. The monoisotopic (exact) mass is 328 g/mol. The zero-order chi connectivity index (χ0) is 15.5. The van der Waals surface area contributed by atoms with E-state index >= 15 is 0 Å². The Morgan fingerprint density at radius 2 is 1.71 bits per heavy atom. The van der Waals surface area contributed by atoms with Crippen LogP contribution in [0.25, 0.3) is 0 Å². The first-order chi connectivity index (χ1) is 9.85. The smallest absolute Gasteiger partial charge is 0.0465 e. The number of rotatable bonds is 4. The topological polar surface area (TPSA) is 15.3 Å². The van der Waals surface area contributed by atoms with Gasteiger partial charge in [-0.1, -0.05) is 29.3 Å². The highest BCUT2D eigenvalue weighted by atomic mass is 35.5. The highest BCUT2D eigenvalue weighted by Gasteiger charge is 2.21. The average molecular weight is 329 g/mol. The molecule has 0 bridgehead atoms. The zero-order valence-electron chi connectivity index (χ0n) is 13.3. The van der Waals surface area contributed by atoms with Crippen LogP contribution < -0.4 is 5.32 Å². The van der Waals surface area contributed by atoms with Gasteiger partial charge in [-0.3, -0.25) is 4.90 Å². The van der Waals surface area contributed by atoms with E-state index in [2.05, 4.69) is 31.0 Å². The number of benzene rings is 1. The van der Waals surface area contributed by atoms with E-state index in [1.165, 1.54) is 12.8 Å². The summed E-state index contributed by atoms with van der Waals surface area (Å²) in [7, 11) is 0. The third kappa shape index (κ3) is 5.45. The number of piperidine rings is 1. The lowest BCUT2D eigenvalue weighted by Crippen LogP contribution is -2.42. The first-order valence-electron chi connectivity index (χ1n) is 7.75. The molecule has 1 aromatic rings. The fraction of sp³-hybridized carbons (Fsp3) is 0.647. The lowest BCUT2D eigenvalue weighted by atomic mass is 9.95. The van der Waals surface area contributed by atoms with Crippen molar-refractivity contribution in [3.05, 3.63) is 33.8 Å². The Labute approximate surface area is 138 Å². The predicted molar refractivity (Wildman–Crippen MR) is 92.2 cm³/mol. The maximum atomic E-state index is 6.26. The van der Waals surface area contributed by atoms with E-state index in [4.69, 9.17) is 23.2 Å². The van der Waals surface area contributed by atoms with Crippen LogP contribution in [0, 0.1) is 5.92 Å². The van der Waals surface area contributed by atoms with Crippen molar-refractivity contribution in [2.24, 2.45) is 5.92 Å². The standard InChI is InChI=1S/C17H26Cl2N2/c1-17(2,3)20-11-13-7-9-21(10-8-13)12-14-15(18)5-4-6-16(14)19/h4-6,13,20H,7-12H2,1-3H3. The number of halogens is 2. The average Bonchev–Trinajstić information content (AvgIpc) is 2.41. The Hall–Kier alpha value is -0.280.